The van der Waals surface area contributed by atoms with Gasteiger partial charge in [0, 0.05) is 56.2 Å². The number of hydrogen-bond acceptors (Lipinski definition) is 8. The van der Waals surface area contributed by atoms with E-state index in [9.17, 15) is 14.7 Å². The quantitative estimate of drug-likeness (QED) is 0.313. The first-order valence-corrected chi connectivity index (χ1v) is 14.4. The van der Waals surface area contributed by atoms with Crippen LogP contribution in [0.4, 0.5) is 5.69 Å². The van der Waals surface area contributed by atoms with Gasteiger partial charge in [0.25, 0.3) is 0 Å². The fourth-order valence-corrected chi connectivity index (χ4v) is 6.08. The maximum Gasteiger partial charge on any atom is 0.308 e. The summed E-state index contributed by atoms with van der Waals surface area (Å²) in [5.41, 5.74) is 8.42. The zero-order valence-corrected chi connectivity index (χ0v) is 24.1. The molecule has 3 atom stereocenters. The Bertz CT molecular complexity index is 1380. The molecule has 0 radical (unpaired) electrons. The highest BCUT2D eigenvalue weighted by Gasteiger charge is 2.47. The van der Waals surface area contributed by atoms with Crippen molar-refractivity contribution in [1.29, 1.82) is 0 Å². The fraction of sp³-hybridized carbons (Fsp3) is 0.452. The van der Waals surface area contributed by atoms with E-state index in [0.717, 1.165) is 29.7 Å². The number of nitrogens with two attached hydrogens (primary N) is 1. The van der Waals surface area contributed by atoms with E-state index < -0.39 is 23.8 Å². The van der Waals surface area contributed by atoms with Crippen LogP contribution in [0.15, 0.2) is 55.1 Å². The zero-order valence-electron chi connectivity index (χ0n) is 24.1. The first-order chi connectivity index (χ1) is 20.4. The van der Waals surface area contributed by atoms with Crippen LogP contribution in [0.2, 0.25) is 0 Å². The number of fused-ring (bicyclic) bond motifs is 1. The molecule has 0 saturated carbocycles. The lowest BCUT2D eigenvalue weighted by atomic mass is 9.84. The molecular weight excluding hydrogens is 538 g/mol. The number of aliphatic carboxylic acids is 1. The average molecular weight is 578 g/mol. The molecule has 3 aromatic rings. The number of nitrogens with zero attached hydrogens (tertiary/aromatic N) is 4. The van der Waals surface area contributed by atoms with Gasteiger partial charge in [0.1, 0.15) is 0 Å². The smallest absolute Gasteiger partial charge is 0.308 e. The van der Waals surface area contributed by atoms with Crippen LogP contribution in [0.5, 0.6) is 17.2 Å². The van der Waals surface area contributed by atoms with Gasteiger partial charge in [-0.25, -0.2) is 4.98 Å². The second-order valence-corrected chi connectivity index (χ2v) is 10.8. The average Bonchev–Trinajstić information content (AvgIpc) is 3.76. The van der Waals surface area contributed by atoms with Crippen molar-refractivity contribution in [3.05, 3.63) is 66.2 Å². The maximum absolute atomic E-state index is 14.0. The molecule has 2 aliphatic rings. The van der Waals surface area contributed by atoms with E-state index in [2.05, 4.69) is 11.9 Å². The molecule has 1 amide bonds. The SMILES string of the molecule is CCCCN(C(=O)CN1C[C@H](c2cc(OC)c3c(c2)OCO3)[C@@H](C(=O)O)[C@@H]1CCn1ccnc1)c1cccc(CN)c1. The molecule has 11 nitrogen and oxygen atoms in total. The number of aryl methyl sites for hydroxylation is 1. The third-order valence-corrected chi connectivity index (χ3v) is 8.22. The second kappa shape index (κ2) is 13.3. The van der Waals surface area contributed by atoms with Crippen molar-refractivity contribution in [2.75, 3.05) is 38.4 Å². The molecule has 11 heteroatoms. The van der Waals surface area contributed by atoms with Gasteiger partial charge in [-0.05, 0) is 48.2 Å². The van der Waals surface area contributed by atoms with Gasteiger partial charge < -0.3 is 34.5 Å². The summed E-state index contributed by atoms with van der Waals surface area (Å²) >= 11 is 0. The number of carboxylic acid groups (broad SMARTS) is 1. The molecule has 2 aliphatic heterocycles. The number of aromatic nitrogens is 2. The van der Waals surface area contributed by atoms with E-state index in [1.54, 1.807) is 19.6 Å². The number of carbonyl (C=O) groups is 2. The number of imidazole rings is 1. The van der Waals surface area contributed by atoms with Gasteiger partial charge in [-0.15, -0.1) is 0 Å². The number of ether oxygens (including phenoxy) is 3. The summed E-state index contributed by atoms with van der Waals surface area (Å²) in [5, 5.41) is 10.6. The maximum atomic E-state index is 14.0. The predicted octanol–water partition coefficient (Wildman–Crippen LogP) is 3.47. The van der Waals surface area contributed by atoms with Crippen LogP contribution in [0.3, 0.4) is 0 Å². The fourth-order valence-electron chi connectivity index (χ4n) is 6.08. The van der Waals surface area contributed by atoms with Gasteiger partial charge in [-0.2, -0.15) is 0 Å². The van der Waals surface area contributed by atoms with E-state index >= 15 is 0 Å². The number of hydrogen-bond donors (Lipinski definition) is 2. The molecule has 3 N–H and O–H groups in total. The largest absolute Gasteiger partial charge is 0.493 e. The Balaban J connectivity index is 1.47. The number of likely N-dealkylation sites (tertiary alicyclic amines) is 1. The van der Waals surface area contributed by atoms with E-state index in [1.165, 1.54) is 0 Å². The molecule has 5 rings (SSSR count). The Morgan fingerprint density at radius 1 is 1.24 bits per heavy atom. The van der Waals surface area contributed by atoms with E-state index in [-0.39, 0.29) is 19.2 Å². The number of anilines is 1. The van der Waals surface area contributed by atoms with Crippen LogP contribution in [-0.4, -0.2) is 71.0 Å². The van der Waals surface area contributed by atoms with E-state index in [1.807, 2.05) is 57.0 Å². The van der Waals surface area contributed by atoms with Crippen LogP contribution < -0.4 is 24.8 Å². The molecular formula is C31H39N5O6. The zero-order chi connectivity index (χ0) is 29.6. The highest BCUT2D eigenvalue weighted by atomic mass is 16.7. The summed E-state index contributed by atoms with van der Waals surface area (Å²) in [5.74, 6) is -0.574. The standard InChI is InChI=1S/C31H39N5O6/c1-3-4-10-36(23-7-5-6-21(13-23)16-32)28(37)18-35-17-24(22-14-26(40-2)30-27(15-22)41-20-42-30)29(31(38)39)25(35)8-11-34-12-9-33-19-34/h5-7,9,12-15,19,24-25,29H,3-4,8,10-11,16-18,20,32H2,1-2H3,(H,38,39)/t24-,25+,29-/m1/s1. The first-order valence-electron chi connectivity index (χ1n) is 14.4. The third-order valence-electron chi connectivity index (χ3n) is 8.22. The number of unbranched alkanes of at least 4 members (excludes halogenated alkanes) is 1. The normalized spacial score (nSPS) is 19.6. The van der Waals surface area contributed by atoms with Crippen LogP contribution in [0, 0.1) is 5.92 Å². The van der Waals surface area contributed by atoms with Gasteiger partial charge >= 0.3 is 5.97 Å². The third kappa shape index (κ3) is 6.22. The molecule has 42 heavy (non-hydrogen) atoms. The van der Waals surface area contributed by atoms with E-state index in [0.29, 0.717) is 49.8 Å². The van der Waals surface area contributed by atoms with Crippen molar-refractivity contribution in [2.45, 2.75) is 51.2 Å². The highest BCUT2D eigenvalue weighted by Crippen LogP contribution is 2.47. The van der Waals surface area contributed by atoms with Gasteiger partial charge in [0.05, 0.1) is 25.9 Å². The van der Waals surface area contributed by atoms with Gasteiger partial charge in [-0.1, -0.05) is 25.5 Å². The topological polar surface area (TPSA) is 132 Å². The van der Waals surface area contributed by atoms with Crippen molar-refractivity contribution in [3.63, 3.8) is 0 Å². The first kappa shape index (κ1) is 29.4. The summed E-state index contributed by atoms with van der Waals surface area (Å²) in [7, 11) is 1.55. The molecule has 1 fully saturated rings. The molecule has 0 bridgehead atoms. The summed E-state index contributed by atoms with van der Waals surface area (Å²) < 4.78 is 18.7. The molecule has 2 aromatic carbocycles. The summed E-state index contributed by atoms with van der Waals surface area (Å²) in [6.07, 6.45) is 7.60. The van der Waals surface area contributed by atoms with Crippen molar-refractivity contribution >= 4 is 17.6 Å². The molecule has 1 aromatic heterocycles. The number of rotatable bonds is 13. The highest BCUT2D eigenvalue weighted by molar-refractivity contribution is 5.95. The van der Waals surface area contributed by atoms with Crippen molar-refractivity contribution in [1.82, 2.24) is 14.5 Å². The molecule has 0 spiro atoms. The number of carboxylic acids is 1. The Morgan fingerprint density at radius 2 is 2.10 bits per heavy atom. The Kier molecular flexibility index (Phi) is 9.28. The van der Waals surface area contributed by atoms with Crippen LogP contribution >= 0.6 is 0 Å². The molecule has 0 unspecified atom stereocenters. The van der Waals surface area contributed by atoms with Gasteiger partial charge in [0.2, 0.25) is 18.4 Å². The Labute approximate surface area is 245 Å². The summed E-state index contributed by atoms with van der Waals surface area (Å²) in [6, 6.07) is 11.0. The van der Waals surface area contributed by atoms with Crippen LogP contribution in [0.1, 0.15) is 43.2 Å². The van der Waals surface area contributed by atoms with Crippen molar-refractivity contribution in [2.24, 2.45) is 11.7 Å². The lowest BCUT2D eigenvalue weighted by Gasteiger charge is -2.30. The summed E-state index contributed by atoms with van der Waals surface area (Å²) in [4.78, 5) is 34.9. The summed E-state index contributed by atoms with van der Waals surface area (Å²) in [6.45, 7) is 4.18. The number of carbonyl (C=O) groups excluding carboxylic acids is 1. The number of amides is 1. The van der Waals surface area contributed by atoms with Crippen molar-refractivity contribution in [3.8, 4) is 17.2 Å². The van der Waals surface area contributed by atoms with Gasteiger partial charge in [0.15, 0.2) is 11.5 Å². The minimum atomic E-state index is -0.902. The predicted molar refractivity (Wildman–Crippen MR) is 157 cm³/mol. The number of methoxy groups -OCH3 is 1. The molecule has 1 saturated heterocycles. The second-order valence-electron chi connectivity index (χ2n) is 10.8. The van der Waals surface area contributed by atoms with Crippen LogP contribution in [0.25, 0.3) is 0 Å². The number of benzene rings is 2. The monoisotopic (exact) mass is 577 g/mol. The molecule has 0 aliphatic carbocycles. The lowest BCUT2D eigenvalue weighted by molar-refractivity contribution is -0.143. The van der Waals surface area contributed by atoms with Crippen LogP contribution in [-0.2, 0) is 22.7 Å². The molecule has 224 valence electrons. The Hall–Kier alpha value is -4.09. The van der Waals surface area contributed by atoms with Gasteiger partial charge in [-0.3, -0.25) is 14.5 Å². The minimum Gasteiger partial charge on any atom is -0.493 e. The Morgan fingerprint density at radius 3 is 2.81 bits per heavy atom. The minimum absolute atomic E-state index is 0.0710. The lowest BCUT2D eigenvalue weighted by Crippen LogP contribution is -2.45. The van der Waals surface area contributed by atoms with E-state index in [4.69, 9.17) is 19.9 Å². The van der Waals surface area contributed by atoms with Crippen molar-refractivity contribution < 1.29 is 28.9 Å². The molecule has 3 heterocycles.